The molecule has 2 amide bonds. The van der Waals surface area contributed by atoms with Crippen molar-refractivity contribution in [2.24, 2.45) is 11.7 Å². The first-order chi connectivity index (χ1) is 21.1. The molecule has 2 aromatic carbocycles. The largest absolute Gasteiger partial charge is 0.435 e. The Kier molecular flexibility index (Phi) is 7.16. The van der Waals surface area contributed by atoms with Gasteiger partial charge in [-0.3, -0.25) is 19.3 Å². The molecule has 2 aromatic heterocycles. The first kappa shape index (κ1) is 30.2. The molecule has 45 heavy (non-hydrogen) atoms. The van der Waals surface area contributed by atoms with Gasteiger partial charge in [-0.15, -0.1) is 0 Å². The van der Waals surface area contributed by atoms with Crippen LogP contribution in [0, 0.1) is 23.4 Å². The molecule has 0 aliphatic heterocycles. The van der Waals surface area contributed by atoms with Gasteiger partial charge in [-0.1, -0.05) is 12.1 Å². The van der Waals surface area contributed by atoms with Crippen molar-refractivity contribution in [3.63, 3.8) is 0 Å². The highest BCUT2D eigenvalue weighted by molar-refractivity contribution is 5.94. The summed E-state index contributed by atoms with van der Waals surface area (Å²) in [4.78, 5) is 29.4. The molecule has 0 radical (unpaired) electrons. The van der Waals surface area contributed by atoms with Crippen LogP contribution in [-0.2, 0) is 29.9 Å². The minimum atomic E-state index is -5.04. The van der Waals surface area contributed by atoms with Crippen LogP contribution in [0.15, 0.2) is 54.7 Å². The molecule has 234 valence electrons. The van der Waals surface area contributed by atoms with Crippen molar-refractivity contribution in [2.75, 3.05) is 0 Å². The Bertz CT molecular complexity index is 1830. The molecule has 1 fully saturated rings. The second-order valence-electron chi connectivity index (χ2n) is 10.9. The molecule has 2 heterocycles. The third-order valence-corrected chi connectivity index (χ3v) is 7.90. The number of carbonyl (C=O) groups excluding carboxylic acids is 2. The summed E-state index contributed by atoms with van der Waals surface area (Å²) >= 11 is 0. The van der Waals surface area contributed by atoms with E-state index in [9.17, 15) is 35.9 Å². The number of nitrogens with two attached hydrogens (primary N) is 1. The van der Waals surface area contributed by atoms with Crippen LogP contribution in [0.2, 0.25) is 0 Å². The molecular weight excluding hydrogens is 614 g/mol. The van der Waals surface area contributed by atoms with Crippen LogP contribution in [-0.4, -0.2) is 26.6 Å². The maximum absolute atomic E-state index is 15.0. The van der Waals surface area contributed by atoms with Gasteiger partial charge in [0, 0.05) is 29.3 Å². The van der Waals surface area contributed by atoms with Crippen LogP contribution in [0.3, 0.4) is 0 Å². The van der Waals surface area contributed by atoms with E-state index in [1.54, 1.807) is 0 Å². The zero-order valence-corrected chi connectivity index (χ0v) is 22.8. The van der Waals surface area contributed by atoms with Crippen LogP contribution in [0.25, 0.3) is 11.1 Å². The molecule has 6 rings (SSSR count). The second kappa shape index (κ2) is 10.7. The summed E-state index contributed by atoms with van der Waals surface area (Å²) in [6.07, 6.45) is -4.17. The average molecular weight is 636 g/mol. The van der Waals surface area contributed by atoms with Crippen molar-refractivity contribution in [1.29, 1.82) is 0 Å². The summed E-state index contributed by atoms with van der Waals surface area (Å²) in [5.41, 5.74) is 2.28. The van der Waals surface area contributed by atoms with Gasteiger partial charge >= 0.3 is 6.18 Å². The fourth-order valence-electron chi connectivity index (χ4n) is 5.97. The van der Waals surface area contributed by atoms with Gasteiger partial charge in [-0.05, 0) is 60.2 Å². The van der Waals surface area contributed by atoms with Gasteiger partial charge in [0.15, 0.2) is 5.69 Å². The van der Waals surface area contributed by atoms with E-state index in [-0.39, 0.29) is 35.2 Å². The van der Waals surface area contributed by atoms with E-state index in [2.05, 4.69) is 15.4 Å². The third-order valence-electron chi connectivity index (χ3n) is 7.90. The van der Waals surface area contributed by atoms with E-state index in [1.165, 1.54) is 24.4 Å². The lowest BCUT2D eigenvalue weighted by atomic mass is 9.94. The van der Waals surface area contributed by atoms with Gasteiger partial charge in [0.2, 0.25) is 5.91 Å². The second-order valence-corrected chi connectivity index (χ2v) is 10.9. The highest BCUT2D eigenvalue weighted by atomic mass is 19.4. The number of amides is 2. The number of hydrogen-bond donors (Lipinski definition) is 2. The molecule has 1 unspecified atom stereocenters. The van der Waals surface area contributed by atoms with Crippen molar-refractivity contribution in [2.45, 2.75) is 43.4 Å². The molecule has 0 saturated heterocycles. The minimum Gasteiger partial charge on any atom is -0.366 e. The fourth-order valence-corrected chi connectivity index (χ4v) is 5.97. The zero-order valence-electron chi connectivity index (χ0n) is 22.8. The number of benzene rings is 2. The molecule has 7 nitrogen and oxygen atoms in total. The van der Waals surface area contributed by atoms with E-state index in [0.29, 0.717) is 10.7 Å². The maximum Gasteiger partial charge on any atom is 0.435 e. The fraction of sp³-hybridized carbons (Fsp3) is 0.267. The van der Waals surface area contributed by atoms with Gasteiger partial charge in [0.1, 0.15) is 29.7 Å². The van der Waals surface area contributed by atoms with Crippen LogP contribution in [0.5, 0.6) is 0 Å². The van der Waals surface area contributed by atoms with Gasteiger partial charge < -0.3 is 11.1 Å². The Labute approximate surface area is 249 Å². The maximum atomic E-state index is 15.0. The summed E-state index contributed by atoms with van der Waals surface area (Å²) in [5, 5.41) is 5.88. The standard InChI is InChI=1S/C30H21F8N5O2/c31-15-6-13(7-16(32)10-15)8-22(25-17(2-1-5-40-25)14-3-4-21(33)19(9-14)28(39)45)41-23(44)12-43-27-24(26(42-43)30(36,37)38)18-11-20(18)29(27,34)35/h1-7,9-10,18,20,22H,8,11-12H2,(H2,39,45)(H,41,44)/t18?,20-,22+/m1/s1. The summed E-state index contributed by atoms with van der Waals surface area (Å²) in [5.74, 6) is -10.9. The molecule has 15 heteroatoms. The summed E-state index contributed by atoms with van der Waals surface area (Å²) < 4.78 is 114. The first-order valence-corrected chi connectivity index (χ1v) is 13.5. The lowest BCUT2D eigenvalue weighted by Gasteiger charge is -2.22. The van der Waals surface area contributed by atoms with E-state index in [4.69, 9.17) is 5.73 Å². The molecule has 3 atom stereocenters. The SMILES string of the molecule is NC(=O)c1cc(-c2cccnc2[C@H](Cc2cc(F)cc(F)c2)NC(=O)Cn2nc(C(F)(F)F)c3c2C(F)(F)[C@@H]2CC32)ccc1F. The average Bonchev–Trinajstić information content (AvgIpc) is 3.60. The number of nitrogens with one attached hydrogen (secondary N) is 1. The molecule has 2 aliphatic rings. The molecule has 1 saturated carbocycles. The number of pyridine rings is 1. The van der Waals surface area contributed by atoms with E-state index in [0.717, 1.165) is 24.3 Å². The Morgan fingerprint density at radius 3 is 2.44 bits per heavy atom. The number of halogens is 8. The Morgan fingerprint density at radius 1 is 1.07 bits per heavy atom. The lowest BCUT2D eigenvalue weighted by molar-refractivity contribution is -0.142. The van der Waals surface area contributed by atoms with Gasteiger partial charge in [-0.2, -0.15) is 27.1 Å². The van der Waals surface area contributed by atoms with E-state index >= 15 is 8.78 Å². The molecule has 2 aliphatic carbocycles. The monoisotopic (exact) mass is 635 g/mol. The normalized spacial score (nSPS) is 18.7. The van der Waals surface area contributed by atoms with Crippen molar-refractivity contribution in [3.8, 4) is 11.1 Å². The van der Waals surface area contributed by atoms with Gasteiger partial charge in [0.05, 0.1) is 17.3 Å². The first-order valence-electron chi connectivity index (χ1n) is 13.5. The van der Waals surface area contributed by atoms with Gasteiger partial charge in [-0.25, -0.2) is 13.2 Å². The Hall–Kier alpha value is -4.82. The Morgan fingerprint density at radius 2 is 1.78 bits per heavy atom. The summed E-state index contributed by atoms with van der Waals surface area (Å²) in [6, 6.07) is 7.71. The minimum absolute atomic E-state index is 0.0392. The van der Waals surface area contributed by atoms with Crippen molar-refractivity contribution >= 4 is 11.8 Å². The quantitative estimate of drug-likeness (QED) is 0.240. The van der Waals surface area contributed by atoms with E-state index < -0.39 is 88.3 Å². The van der Waals surface area contributed by atoms with Crippen molar-refractivity contribution in [1.82, 2.24) is 20.1 Å². The highest BCUT2D eigenvalue weighted by Gasteiger charge is 2.68. The number of carbonyl (C=O) groups is 2. The lowest BCUT2D eigenvalue weighted by Crippen LogP contribution is -2.35. The molecule has 0 bridgehead atoms. The van der Waals surface area contributed by atoms with Crippen LogP contribution in [0.4, 0.5) is 35.1 Å². The van der Waals surface area contributed by atoms with E-state index in [1.807, 2.05) is 0 Å². The summed E-state index contributed by atoms with van der Waals surface area (Å²) in [7, 11) is 0. The summed E-state index contributed by atoms with van der Waals surface area (Å²) in [6.45, 7) is -1.04. The number of alkyl halides is 5. The zero-order chi connectivity index (χ0) is 32.4. The van der Waals surface area contributed by atoms with Crippen molar-refractivity contribution < 1.29 is 44.7 Å². The predicted molar refractivity (Wildman–Crippen MR) is 141 cm³/mol. The molecule has 4 aromatic rings. The van der Waals surface area contributed by atoms with Crippen LogP contribution < -0.4 is 11.1 Å². The van der Waals surface area contributed by atoms with Crippen LogP contribution in [0.1, 0.15) is 56.9 Å². The topological polar surface area (TPSA) is 103 Å². The number of hydrogen-bond acceptors (Lipinski definition) is 4. The number of nitrogens with zero attached hydrogens (tertiary/aromatic N) is 3. The number of rotatable bonds is 8. The van der Waals surface area contributed by atoms with Crippen LogP contribution >= 0.6 is 0 Å². The highest BCUT2D eigenvalue weighted by Crippen LogP contribution is 2.68. The third kappa shape index (κ3) is 5.51. The predicted octanol–water partition coefficient (Wildman–Crippen LogP) is 5.79. The van der Waals surface area contributed by atoms with Gasteiger partial charge in [0.25, 0.3) is 11.8 Å². The molecule has 3 N–H and O–H groups in total. The molecule has 0 spiro atoms. The van der Waals surface area contributed by atoms with Crippen molar-refractivity contribution in [3.05, 3.63) is 106 Å². The number of fused-ring (bicyclic) bond motifs is 3. The Balaban J connectivity index is 1.38. The number of aromatic nitrogens is 3. The number of primary amides is 1. The molecular formula is C30H21F8N5O2. The smallest absolute Gasteiger partial charge is 0.366 e.